The average Bonchev–Trinajstić information content (AvgIpc) is 2.36. The maximum atomic E-state index is 11.9. The third-order valence-corrected chi connectivity index (χ3v) is 3.23. The number of nitrogens with zero attached hydrogens (tertiary/aromatic N) is 4. The molecule has 9 nitrogen and oxygen atoms in total. The zero-order chi connectivity index (χ0) is 14.9. The largest absolute Gasteiger partial charge is 0.368 e. The van der Waals surface area contributed by atoms with Crippen molar-refractivity contribution < 1.29 is 9.72 Å². The number of amides is 1. The summed E-state index contributed by atoms with van der Waals surface area (Å²) in [6.07, 6.45) is 0.520. The molecule has 1 atom stereocenters. The van der Waals surface area contributed by atoms with Gasteiger partial charge in [0.1, 0.15) is 11.7 Å². The van der Waals surface area contributed by atoms with Crippen LogP contribution in [0.3, 0.4) is 0 Å². The van der Waals surface area contributed by atoms with Crippen LogP contribution in [-0.2, 0) is 4.79 Å². The highest BCUT2D eigenvalue weighted by atomic mass is 16.6. The Balaban J connectivity index is 2.55. The van der Waals surface area contributed by atoms with Crippen LogP contribution >= 0.6 is 0 Å². The van der Waals surface area contributed by atoms with Gasteiger partial charge in [-0.05, 0) is 13.3 Å². The van der Waals surface area contributed by atoms with Crippen molar-refractivity contribution in [2.75, 3.05) is 23.7 Å². The van der Waals surface area contributed by atoms with Gasteiger partial charge in [-0.1, -0.05) is 6.92 Å². The lowest BCUT2D eigenvalue weighted by Gasteiger charge is -2.35. The summed E-state index contributed by atoms with van der Waals surface area (Å²) in [5.41, 5.74) is 5.58. The van der Waals surface area contributed by atoms with Crippen molar-refractivity contribution in [2.24, 2.45) is 0 Å². The molecule has 3 N–H and O–H groups in total. The highest BCUT2D eigenvalue weighted by Crippen LogP contribution is 2.31. The van der Waals surface area contributed by atoms with Gasteiger partial charge in [-0.3, -0.25) is 14.9 Å². The summed E-state index contributed by atoms with van der Waals surface area (Å²) in [7, 11) is 0. The van der Waals surface area contributed by atoms with Crippen LogP contribution in [0.2, 0.25) is 0 Å². The van der Waals surface area contributed by atoms with Crippen molar-refractivity contribution in [3.8, 4) is 0 Å². The predicted molar refractivity (Wildman–Crippen MR) is 72.3 cm³/mol. The molecule has 1 aromatic heterocycles. The number of nitro groups is 1. The topological polar surface area (TPSA) is 127 Å². The molecule has 0 bridgehead atoms. The predicted octanol–water partition coefficient (Wildman–Crippen LogP) is -0.00978. The van der Waals surface area contributed by atoms with Gasteiger partial charge in [0.25, 0.3) is 0 Å². The van der Waals surface area contributed by atoms with E-state index in [-0.39, 0.29) is 29.1 Å². The highest BCUT2D eigenvalue weighted by molar-refractivity contribution is 5.87. The summed E-state index contributed by atoms with van der Waals surface area (Å²) in [6, 6.07) is -0.490. The monoisotopic (exact) mass is 280 g/mol. The van der Waals surface area contributed by atoms with Crippen LogP contribution < -0.4 is 16.0 Å². The number of rotatable bonds is 3. The third kappa shape index (κ3) is 2.33. The van der Waals surface area contributed by atoms with Gasteiger partial charge in [0.05, 0.1) is 4.92 Å². The Labute approximate surface area is 115 Å². The van der Waals surface area contributed by atoms with E-state index in [1.807, 2.05) is 6.92 Å². The average molecular weight is 280 g/mol. The molecule has 0 saturated carbocycles. The van der Waals surface area contributed by atoms with E-state index in [9.17, 15) is 14.9 Å². The van der Waals surface area contributed by atoms with Gasteiger partial charge in [0.15, 0.2) is 0 Å². The molecule has 1 aromatic rings. The van der Waals surface area contributed by atoms with Crippen LogP contribution in [0.5, 0.6) is 0 Å². The summed E-state index contributed by atoms with van der Waals surface area (Å²) in [5.74, 6) is -0.0893. The Morgan fingerprint density at radius 1 is 1.55 bits per heavy atom. The molecule has 0 aliphatic carbocycles. The molecule has 1 aliphatic heterocycles. The fraction of sp³-hybridized carbons (Fsp3) is 0.545. The second-order valence-corrected chi connectivity index (χ2v) is 4.51. The van der Waals surface area contributed by atoms with Crippen molar-refractivity contribution in [3.63, 3.8) is 0 Å². The molecule has 20 heavy (non-hydrogen) atoms. The number of nitrogen functional groups attached to an aromatic ring is 1. The molecule has 2 rings (SSSR count). The third-order valence-electron chi connectivity index (χ3n) is 3.23. The van der Waals surface area contributed by atoms with Crippen LogP contribution in [0.15, 0.2) is 0 Å². The number of carbonyl (C=O) groups is 1. The number of aromatic nitrogens is 2. The molecular formula is C11H16N6O3. The van der Waals surface area contributed by atoms with Gasteiger partial charge >= 0.3 is 5.69 Å². The van der Waals surface area contributed by atoms with Gasteiger partial charge in [0.2, 0.25) is 17.7 Å². The quantitative estimate of drug-likeness (QED) is 0.588. The van der Waals surface area contributed by atoms with Gasteiger partial charge in [-0.25, -0.2) is 4.98 Å². The van der Waals surface area contributed by atoms with Gasteiger partial charge in [-0.15, -0.1) is 0 Å². The van der Waals surface area contributed by atoms with Crippen LogP contribution in [0.25, 0.3) is 0 Å². The summed E-state index contributed by atoms with van der Waals surface area (Å²) in [5, 5.41) is 14.0. The molecule has 1 unspecified atom stereocenters. The summed E-state index contributed by atoms with van der Waals surface area (Å²) >= 11 is 0. The lowest BCUT2D eigenvalue weighted by Crippen LogP contribution is -2.55. The minimum absolute atomic E-state index is 0.0380. The van der Waals surface area contributed by atoms with E-state index in [1.54, 1.807) is 4.90 Å². The summed E-state index contributed by atoms with van der Waals surface area (Å²) < 4.78 is 0. The normalized spacial score (nSPS) is 18.8. The first-order valence-electron chi connectivity index (χ1n) is 6.28. The van der Waals surface area contributed by atoms with Crippen molar-refractivity contribution in [1.29, 1.82) is 0 Å². The Morgan fingerprint density at radius 2 is 2.25 bits per heavy atom. The number of piperazine rings is 1. The van der Waals surface area contributed by atoms with Crippen molar-refractivity contribution in [1.82, 2.24) is 15.3 Å². The Hall–Kier alpha value is -2.45. The van der Waals surface area contributed by atoms with E-state index in [2.05, 4.69) is 15.3 Å². The zero-order valence-corrected chi connectivity index (χ0v) is 11.3. The van der Waals surface area contributed by atoms with Crippen molar-refractivity contribution in [2.45, 2.75) is 26.3 Å². The number of hydrogen-bond donors (Lipinski definition) is 2. The molecule has 1 fully saturated rings. The van der Waals surface area contributed by atoms with Crippen LogP contribution in [0.4, 0.5) is 17.5 Å². The minimum atomic E-state index is -0.538. The lowest BCUT2D eigenvalue weighted by molar-refractivity contribution is -0.385. The number of anilines is 2. The molecule has 2 heterocycles. The zero-order valence-electron chi connectivity index (χ0n) is 11.3. The Morgan fingerprint density at radius 3 is 2.85 bits per heavy atom. The number of hydrogen-bond acceptors (Lipinski definition) is 7. The van der Waals surface area contributed by atoms with E-state index in [1.165, 1.54) is 6.92 Å². The number of carbonyl (C=O) groups excluding carboxylic acids is 1. The minimum Gasteiger partial charge on any atom is -0.368 e. The van der Waals surface area contributed by atoms with Crippen LogP contribution in [0.1, 0.15) is 19.0 Å². The van der Waals surface area contributed by atoms with Gasteiger partial charge < -0.3 is 16.0 Å². The van der Waals surface area contributed by atoms with Crippen molar-refractivity contribution in [3.05, 3.63) is 15.8 Å². The molecule has 0 aromatic carbocycles. The smallest absolute Gasteiger partial charge is 0.332 e. The maximum Gasteiger partial charge on any atom is 0.332 e. The molecule has 108 valence electrons. The molecule has 0 radical (unpaired) electrons. The first-order valence-corrected chi connectivity index (χ1v) is 6.28. The first-order chi connectivity index (χ1) is 9.45. The second kappa shape index (κ2) is 5.27. The fourth-order valence-electron chi connectivity index (χ4n) is 2.36. The molecule has 1 saturated heterocycles. The Bertz CT molecular complexity index is 561. The van der Waals surface area contributed by atoms with Crippen LogP contribution in [0, 0.1) is 17.0 Å². The Kier molecular flexibility index (Phi) is 3.68. The number of aryl methyl sites for hydroxylation is 1. The second-order valence-electron chi connectivity index (χ2n) is 4.51. The highest BCUT2D eigenvalue weighted by Gasteiger charge is 2.35. The fourth-order valence-corrected chi connectivity index (χ4v) is 2.36. The lowest BCUT2D eigenvalue weighted by atomic mass is 10.1. The summed E-state index contributed by atoms with van der Waals surface area (Å²) in [4.78, 5) is 32.0. The number of nitrogens with two attached hydrogens (primary N) is 1. The molecular weight excluding hydrogens is 264 g/mol. The molecule has 1 aliphatic rings. The van der Waals surface area contributed by atoms with E-state index in [0.29, 0.717) is 19.5 Å². The van der Waals surface area contributed by atoms with E-state index in [0.717, 1.165) is 0 Å². The summed E-state index contributed by atoms with van der Waals surface area (Å²) in [6.45, 7) is 4.20. The van der Waals surface area contributed by atoms with Crippen LogP contribution in [-0.4, -0.2) is 39.9 Å². The number of nitrogens with one attached hydrogen (secondary N) is 1. The maximum absolute atomic E-state index is 11.9. The van der Waals surface area contributed by atoms with E-state index in [4.69, 9.17) is 5.73 Å². The first kappa shape index (κ1) is 14.0. The van der Waals surface area contributed by atoms with Gasteiger partial charge in [0, 0.05) is 13.1 Å². The molecule has 9 heteroatoms. The van der Waals surface area contributed by atoms with E-state index < -0.39 is 11.0 Å². The van der Waals surface area contributed by atoms with Gasteiger partial charge in [-0.2, -0.15) is 4.98 Å². The molecule has 0 spiro atoms. The standard InChI is InChI=1S/C11H16N6O3/c1-3-7-10(18)13-4-5-16(7)9-8(17(19)20)6(2)14-11(12)15-9/h7H,3-5H2,1-2H3,(H,13,18)(H2,12,14,15). The van der Waals surface area contributed by atoms with Crippen molar-refractivity contribution >= 4 is 23.4 Å². The SMILES string of the molecule is CCC1C(=O)NCCN1c1nc(N)nc(C)c1[N+](=O)[O-]. The van der Waals surface area contributed by atoms with E-state index >= 15 is 0 Å². The molecule has 1 amide bonds.